The van der Waals surface area contributed by atoms with E-state index in [1.165, 1.54) is 15.9 Å². The molecule has 3 heterocycles. The van der Waals surface area contributed by atoms with E-state index in [-0.39, 0.29) is 11.8 Å². The van der Waals surface area contributed by atoms with Gasteiger partial charge in [0.15, 0.2) is 5.65 Å². The van der Waals surface area contributed by atoms with Crippen LogP contribution in [0, 0.1) is 0 Å². The lowest BCUT2D eigenvalue weighted by Gasteiger charge is -2.32. The summed E-state index contributed by atoms with van der Waals surface area (Å²) >= 11 is 0. The zero-order valence-electron chi connectivity index (χ0n) is 17.9. The van der Waals surface area contributed by atoms with Crippen molar-refractivity contribution in [2.24, 2.45) is 0 Å². The number of likely N-dealkylation sites (tertiary alicyclic amines) is 1. The summed E-state index contributed by atoms with van der Waals surface area (Å²) in [5.74, 6) is 0.377. The van der Waals surface area contributed by atoms with Crippen molar-refractivity contribution in [1.82, 2.24) is 19.5 Å². The van der Waals surface area contributed by atoms with Gasteiger partial charge in [-0.05, 0) is 47.7 Å². The molecule has 1 unspecified atom stereocenters. The fraction of sp³-hybridized carbons (Fsp3) is 0.320. The topological polar surface area (TPSA) is 50.5 Å². The summed E-state index contributed by atoms with van der Waals surface area (Å²) in [7, 11) is 0. The molecule has 170 valence electrons. The van der Waals surface area contributed by atoms with Crippen molar-refractivity contribution in [3.8, 4) is 0 Å². The number of aryl methyl sites for hydroxylation is 1. The average molecular weight is 452 g/mol. The first-order valence-corrected chi connectivity index (χ1v) is 11.1. The molecule has 5 nitrogen and oxygen atoms in total. The Morgan fingerprint density at radius 3 is 2.67 bits per heavy atom. The van der Waals surface area contributed by atoms with Crippen LogP contribution in [-0.4, -0.2) is 38.5 Å². The molecule has 1 amide bonds. The number of hydrogen-bond donors (Lipinski definition) is 0. The van der Waals surface area contributed by atoms with Crippen LogP contribution in [0.15, 0.2) is 60.8 Å². The molecule has 8 heteroatoms. The van der Waals surface area contributed by atoms with Crippen LogP contribution in [-0.2, 0) is 17.4 Å². The van der Waals surface area contributed by atoms with E-state index in [9.17, 15) is 18.0 Å². The first-order valence-electron chi connectivity index (χ1n) is 11.1. The molecule has 33 heavy (non-hydrogen) atoms. The summed E-state index contributed by atoms with van der Waals surface area (Å²) in [6, 6.07) is 16.7. The molecule has 4 aromatic rings. The maximum atomic E-state index is 13.2. The lowest BCUT2D eigenvalue weighted by atomic mass is 9.96. The first-order chi connectivity index (χ1) is 15.9. The molecule has 1 fully saturated rings. The lowest BCUT2D eigenvalue weighted by molar-refractivity contribution is -0.137. The van der Waals surface area contributed by atoms with Gasteiger partial charge >= 0.3 is 6.18 Å². The monoisotopic (exact) mass is 452 g/mol. The average Bonchev–Trinajstić information content (AvgIpc) is 3.25. The predicted molar refractivity (Wildman–Crippen MR) is 119 cm³/mol. The second-order valence-corrected chi connectivity index (χ2v) is 8.56. The summed E-state index contributed by atoms with van der Waals surface area (Å²) in [5, 5.41) is 10.5. The third-order valence-electron chi connectivity index (χ3n) is 6.34. The number of benzene rings is 2. The Labute approximate surface area is 188 Å². The molecule has 0 aliphatic carbocycles. The van der Waals surface area contributed by atoms with Crippen molar-refractivity contribution in [2.75, 3.05) is 13.1 Å². The van der Waals surface area contributed by atoms with Crippen LogP contribution in [0.5, 0.6) is 0 Å². The normalized spacial score (nSPS) is 17.1. The van der Waals surface area contributed by atoms with E-state index >= 15 is 0 Å². The second-order valence-electron chi connectivity index (χ2n) is 8.56. The molecule has 0 saturated carbocycles. The number of amides is 1. The molecule has 0 spiro atoms. The molecule has 0 bridgehead atoms. The van der Waals surface area contributed by atoms with Gasteiger partial charge in [-0.25, -0.2) is 0 Å². The minimum absolute atomic E-state index is 0.0534. The van der Waals surface area contributed by atoms with E-state index in [0.717, 1.165) is 36.1 Å². The number of carbonyl (C=O) groups excluding carboxylic acids is 1. The lowest BCUT2D eigenvalue weighted by Crippen LogP contribution is -2.39. The van der Waals surface area contributed by atoms with Crippen LogP contribution < -0.4 is 0 Å². The molecule has 0 N–H and O–H groups in total. The molecule has 1 atom stereocenters. The molecule has 0 radical (unpaired) electrons. The third kappa shape index (κ3) is 4.42. The quantitative estimate of drug-likeness (QED) is 0.426. The standard InChI is InChI=1S/C25H23F3N4O/c26-25(27,28)21-10-11-22-29-30-24(32(22)16-21)20-6-3-13-31(15-20)23(33)12-8-17-7-9-18-4-1-2-5-19(18)14-17/h1-2,4-5,7,9-11,14,16,20H,3,6,8,12-13,15H2. The van der Waals surface area contributed by atoms with Gasteiger partial charge in [-0.2, -0.15) is 13.2 Å². The minimum Gasteiger partial charge on any atom is -0.342 e. The van der Waals surface area contributed by atoms with Crippen LogP contribution in [0.4, 0.5) is 13.2 Å². The number of carbonyl (C=O) groups is 1. The Bertz CT molecular complexity index is 1310. The summed E-state index contributed by atoms with van der Waals surface area (Å²) < 4.78 is 40.9. The van der Waals surface area contributed by atoms with Crippen LogP contribution in [0.1, 0.15) is 42.1 Å². The molecular weight excluding hydrogens is 429 g/mol. The number of halogens is 3. The van der Waals surface area contributed by atoms with Gasteiger partial charge in [0.1, 0.15) is 5.82 Å². The fourth-order valence-electron chi connectivity index (χ4n) is 4.57. The van der Waals surface area contributed by atoms with Gasteiger partial charge < -0.3 is 4.90 Å². The van der Waals surface area contributed by atoms with Gasteiger partial charge in [0.25, 0.3) is 0 Å². The smallest absolute Gasteiger partial charge is 0.342 e. The van der Waals surface area contributed by atoms with Gasteiger partial charge in [-0.1, -0.05) is 42.5 Å². The predicted octanol–water partition coefficient (Wildman–Crippen LogP) is 5.24. The van der Waals surface area contributed by atoms with Crippen LogP contribution >= 0.6 is 0 Å². The van der Waals surface area contributed by atoms with Crippen molar-refractivity contribution in [3.05, 3.63) is 77.7 Å². The molecule has 1 aliphatic heterocycles. The summed E-state index contributed by atoms with van der Waals surface area (Å²) in [6.07, 6.45) is -0.818. The van der Waals surface area contributed by atoms with E-state index in [1.807, 2.05) is 17.0 Å². The molecule has 1 aliphatic rings. The highest BCUT2D eigenvalue weighted by Crippen LogP contribution is 2.31. The van der Waals surface area contributed by atoms with Crippen molar-refractivity contribution in [3.63, 3.8) is 0 Å². The van der Waals surface area contributed by atoms with Gasteiger partial charge in [0.05, 0.1) is 5.56 Å². The fourth-order valence-corrected chi connectivity index (χ4v) is 4.57. The number of nitrogens with zero attached hydrogens (tertiary/aromatic N) is 4. The number of piperidine rings is 1. The highest BCUT2D eigenvalue weighted by molar-refractivity contribution is 5.83. The van der Waals surface area contributed by atoms with Crippen LogP contribution in [0.2, 0.25) is 0 Å². The van der Waals surface area contributed by atoms with E-state index in [4.69, 9.17) is 0 Å². The number of rotatable bonds is 4. The maximum Gasteiger partial charge on any atom is 0.417 e. The van der Waals surface area contributed by atoms with E-state index in [0.29, 0.717) is 37.4 Å². The maximum absolute atomic E-state index is 13.2. The molecule has 2 aromatic heterocycles. The van der Waals surface area contributed by atoms with Crippen molar-refractivity contribution >= 4 is 22.3 Å². The van der Waals surface area contributed by atoms with E-state index < -0.39 is 11.7 Å². The number of hydrogen-bond acceptors (Lipinski definition) is 3. The number of pyridine rings is 1. The summed E-state index contributed by atoms with van der Waals surface area (Å²) in [6.45, 7) is 1.09. The Morgan fingerprint density at radius 1 is 1.03 bits per heavy atom. The Kier molecular flexibility index (Phi) is 5.52. The number of aromatic nitrogens is 3. The van der Waals surface area contributed by atoms with Gasteiger partial charge in [-0.3, -0.25) is 9.20 Å². The van der Waals surface area contributed by atoms with Crippen LogP contribution in [0.3, 0.4) is 0 Å². The van der Waals surface area contributed by atoms with Crippen molar-refractivity contribution in [1.29, 1.82) is 0 Å². The third-order valence-corrected chi connectivity index (χ3v) is 6.34. The molecule has 1 saturated heterocycles. The van der Waals surface area contributed by atoms with Crippen molar-refractivity contribution in [2.45, 2.75) is 37.8 Å². The Balaban J connectivity index is 1.28. The van der Waals surface area contributed by atoms with Gasteiger partial charge in [0, 0.05) is 31.6 Å². The largest absolute Gasteiger partial charge is 0.417 e. The summed E-state index contributed by atoms with van der Waals surface area (Å²) in [4.78, 5) is 14.7. The zero-order valence-corrected chi connectivity index (χ0v) is 17.9. The van der Waals surface area contributed by atoms with E-state index in [1.54, 1.807) is 0 Å². The second kappa shape index (κ2) is 8.50. The highest BCUT2D eigenvalue weighted by Gasteiger charge is 2.32. The highest BCUT2D eigenvalue weighted by atomic mass is 19.4. The first kappa shape index (κ1) is 21.4. The molecule has 5 rings (SSSR count). The van der Waals surface area contributed by atoms with Gasteiger partial charge in [0.2, 0.25) is 5.91 Å². The van der Waals surface area contributed by atoms with Gasteiger partial charge in [-0.15, -0.1) is 10.2 Å². The Morgan fingerprint density at radius 2 is 1.85 bits per heavy atom. The Hall–Kier alpha value is -3.42. The van der Waals surface area contributed by atoms with Crippen LogP contribution in [0.25, 0.3) is 16.4 Å². The zero-order chi connectivity index (χ0) is 23.0. The number of alkyl halides is 3. The number of fused-ring (bicyclic) bond motifs is 2. The van der Waals surface area contributed by atoms with Crippen molar-refractivity contribution < 1.29 is 18.0 Å². The molecule has 2 aromatic carbocycles. The molecular formula is C25H23F3N4O. The van der Waals surface area contributed by atoms with E-state index in [2.05, 4.69) is 40.5 Å². The SMILES string of the molecule is O=C(CCc1ccc2ccccc2c1)N1CCCC(c2nnc3ccc(C(F)(F)F)cn23)C1. The summed E-state index contributed by atoms with van der Waals surface area (Å²) in [5.41, 5.74) is 0.742. The minimum atomic E-state index is -4.44.